The SMILES string of the molecule is CCCCCCCCC(CC)(CC)C(=O)O. The summed E-state index contributed by atoms with van der Waals surface area (Å²) in [5, 5.41) is 9.26. The van der Waals surface area contributed by atoms with Crippen LogP contribution in [0.15, 0.2) is 0 Å². The minimum atomic E-state index is -0.606. The molecule has 0 atom stereocenters. The first-order valence-electron chi connectivity index (χ1n) is 6.86. The first kappa shape index (κ1) is 15.5. The Morgan fingerprint density at radius 1 is 0.938 bits per heavy atom. The minimum absolute atomic E-state index is 0.454. The normalized spacial score (nSPS) is 11.7. The van der Waals surface area contributed by atoms with Crippen LogP contribution >= 0.6 is 0 Å². The molecule has 16 heavy (non-hydrogen) atoms. The Hall–Kier alpha value is -0.530. The number of carboxylic acid groups (broad SMARTS) is 1. The number of rotatable bonds is 10. The van der Waals surface area contributed by atoms with E-state index in [0.29, 0.717) is 0 Å². The van der Waals surface area contributed by atoms with Crippen LogP contribution in [0.2, 0.25) is 0 Å². The highest BCUT2D eigenvalue weighted by molar-refractivity contribution is 5.74. The number of aliphatic carboxylic acids is 1. The molecule has 0 saturated heterocycles. The summed E-state index contributed by atoms with van der Waals surface area (Å²) in [6, 6.07) is 0. The molecule has 0 aromatic carbocycles. The summed E-state index contributed by atoms with van der Waals surface area (Å²) in [4.78, 5) is 11.2. The van der Waals surface area contributed by atoms with Gasteiger partial charge in [-0.05, 0) is 19.3 Å². The van der Waals surface area contributed by atoms with Gasteiger partial charge in [-0.15, -0.1) is 0 Å². The van der Waals surface area contributed by atoms with Crippen LogP contribution in [0.25, 0.3) is 0 Å². The van der Waals surface area contributed by atoms with Gasteiger partial charge >= 0.3 is 5.97 Å². The van der Waals surface area contributed by atoms with Crippen molar-refractivity contribution >= 4 is 5.97 Å². The lowest BCUT2D eigenvalue weighted by Gasteiger charge is -2.26. The highest BCUT2D eigenvalue weighted by atomic mass is 16.4. The van der Waals surface area contributed by atoms with Crippen LogP contribution in [0.1, 0.15) is 78.6 Å². The number of hydrogen-bond donors (Lipinski definition) is 1. The van der Waals surface area contributed by atoms with Crippen LogP contribution in [0, 0.1) is 5.41 Å². The van der Waals surface area contributed by atoms with Gasteiger partial charge in [-0.2, -0.15) is 0 Å². The Morgan fingerprint density at radius 2 is 1.44 bits per heavy atom. The second kappa shape index (κ2) is 8.60. The zero-order valence-electron chi connectivity index (χ0n) is 11.2. The number of unbranched alkanes of at least 4 members (excludes halogenated alkanes) is 5. The molecule has 1 N–H and O–H groups in total. The van der Waals surface area contributed by atoms with Gasteiger partial charge in [-0.3, -0.25) is 4.79 Å². The third kappa shape index (κ3) is 5.00. The summed E-state index contributed by atoms with van der Waals surface area (Å²) in [6.07, 6.45) is 9.76. The molecule has 0 aliphatic carbocycles. The molecule has 0 aliphatic rings. The monoisotopic (exact) mass is 228 g/mol. The van der Waals surface area contributed by atoms with Crippen LogP contribution in [0.4, 0.5) is 0 Å². The van der Waals surface area contributed by atoms with E-state index >= 15 is 0 Å². The molecule has 2 heteroatoms. The number of hydrogen-bond acceptors (Lipinski definition) is 1. The van der Waals surface area contributed by atoms with Crippen LogP contribution in [-0.2, 0) is 4.79 Å². The zero-order chi connectivity index (χ0) is 12.4. The van der Waals surface area contributed by atoms with Gasteiger partial charge in [0.2, 0.25) is 0 Å². The molecule has 0 fully saturated rings. The van der Waals surface area contributed by atoms with E-state index in [9.17, 15) is 9.90 Å². The first-order valence-corrected chi connectivity index (χ1v) is 6.86. The summed E-state index contributed by atoms with van der Waals surface area (Å²) < 4.78 is 0. The fraction of sp³-hybridized carbons (Fsp3) is 0.929. The van der Waals surface area contributed by atoms with Crippen molar-refractivity contribution in [1.29, 1.82) is 0 Å². The van der Waals surface area contributed by atoms with E-state index in [0.717, 1.165) is 25.7 Å². The molecule has 96 valence electrons. The molecule has 0 unspecified atom stereocenters. The molecule has 0 amide bonds. The molecule has 0 heterocycles. The molecular formula is C14H28O2. The standard InChI is InChI=1S/C14H28O2/c1-4-7-8-9-10-11-12-14(5-2,6-3)13(15)16/h4-12H2,1-3H3,(H,15,16). The Morgan fingerprint density at radius 3 is 1.88 bits per heavy atom. The third-order valence-corrected chi connectivity index (χ3v) is 3.82. The summed E-state index contributed by atoms with van der Waals surface area (Å²) in [5.41, 5.74) is -0.454. The van der Waals surface area contributed by atoms with E-state index in [1.165, 1.54) is 32.1 Å². The van der Waals surface area contributed by atoms with Gasteiger partial charge < -0.3 is 5.11 Å². The lowest BCUT2D eigenvalue weighted by molar-refractivity contribution is -0.150. The lowest BCUT2D eigenvalue weighted by atomic mass is 9.78. The van der Waals surface area contributed by atoms with Crippen molar-refractivity contribution in [3.63, 3.8) is 0 Å². The van der Waals surface area contributed by atoms with Crippen molar-refractivity contribution in [1.82, 2.24) is 0 Å². The zero-order valence-corrected chi connectivity index (χ0v) is 11.2. The quantitative estimate of drug-likeness (QED) is 0.554. The molecule has 0 bridgehead atoms. The lowest BCUT2D eigenvalue weighted by Crippen LogP contribution is -2.29. The second-order valence-electron chi connectivity index (χ2n) is 4.81. The van der Waals surface area contributed by atoms with Crippen LogP contribution in [0.5, 0.6) is 0 Å². The maximum Gasteiger partial charge on any atom is 0.309 e. The largest absolute Gasteiger partial charge is 0.481 e. The fourth-order valence-corrected chi connectivity index (χ4v) is 2.26. The Bertz CT molecular complexity index is 183. The number of carbonyl (C=O) groups is 1. The summed E-state index contributed by atoms with van der Waals surface area (Å²) >= 11 is 0. The van der Waals surface area contributed by atoms with Gasteiger partial charge in [0.05, 0.1) is 5.41 Å². The summed E-state index contributed by atoms with van der Waals surface area (Å²) in [7, 11) is 0. The van der Waals surface area contributed by atoms with Crippen molar-refractivity contribution in [2.45, 2.75) is 78.6 Å². The van der Waals surface area contributed by atoms with E-state index in [1.807, 2.05) is 13.8 Å². The Kier molecular flexibility index (Phi) is 8.32. The molecule has 0 aromatic heterocycles. The summed E-state index contributed by atoms with van der Waals surface area (Å²) in [5.74, 6) is -0.606. The van der Waals surface area contributed by atoms with Crippen LogP contribution in [0.3, 0.4) is 0 Å². The van der Waals surface area contributed by atoms with E-state index in [2.05, 4.69) is 6.92 Å². The van der Waals surface area contributed by atoms with Gasteiger partial charge in [0.1, 0.15) is 0 Å². The maximum absolute atomic E-state index is 11.2. The molecular weight excluding hydrogens is 200 g/mol. The van der Waals surface area contributed by atoms with Gasteiger partial charge in [0.25, 0.3) is 0 Å². The average Bonchev–Trinajstić information content (AvgIpc) is 2.28. The van der Waals surface area contributed by atoms with Crippen LogP contribution < -0.4 is 0 Å². The van der Waals surface area contributed by atoms with E-state index in [-0.39, 0.29) is 0 Å². The van der Waals surface area contributed by atoms with E-state index < -0.39 is 11.4 Å². The molecule has 0 saturated carbocycles. The Labute approximate surface area is 100 Å². The van der Waals surface area contributed by atoms with Crippen molar-refractivity contribution in [3.8, 4) is 0 Å². The molecule has 0 spiro atoms. The first-order chi connectivity index (χ1) is 7.63. The fourth-order valence-electron chi connectivity index (χ4n) is 2.26. The van der Waals surface area contributed by atoms with Crippen molar-refractivity contribution in [3.05, 3.63) is 0 Å². The highest BCUT2D eigenvalue weighted by Gasteiger charge is 2.33. The smallest absolute Gasteiger partial charge is 0.309 e. The van der Waals surface area contributed by atoms with Crippen molar-refractivity contribution in [2.75, 3.05) is 0 Å². The predicted molar refractivity (Wildman–Crippen MR) is 68.6 cm³/mol. The van der Waals surface area contributed by atoms with Gasteiger partial charge in [-0.1, -0.05) is 59.3 Å². The van der Waals surface area contributed by atoms with Gasteiger partial charge in [0, 0.05) is 0 Å². The summed E-state index contributed by atoms with van der Waals surface area (Å²) in [6.45, 7) is 6.20. The molecule has 0 aliphatic heterocycles. The second-order valence-corrected chi connectivity index (χ2v) is 4.81. The molecule has 2 nitrogen and oxygen atoms in total. The van der Waals surface area contributed by atoms with Crippen molar-refractivity contribution in [2.24, 2.45) is 5.41 Å². The highest BCUT2D eigenvalue weighted by Crippen LogP contribution is 2.33. The Balaban J connectivity index is 3.81. The van der Waals surface area contributed by atoms with Gasteiger partial charge in [0.15, 0.2) is 0 Å². The molecule has 0 radical (unpaired) electrons. The van der Waals surface area contributed by atoms with Gasteiger partial charge in [-0.25, -0.2) is 0 Å². The van der Waals surface area contributed by atoms with Crippen molar-refractivity contribution < 1.29 is 9.90 Å². The number of carboxylic acids is 1. The minimum Gasteiger partial charge on any atom is -0.481 e. The van der Waals surface area contributed by atoms with E-state index in [4.69, 9.17) is 0 Å². The van der Waals surface area contributed by atoms with Crippen LogP contribution in [-0.4, -0.2) is 11.1 Å². The third-order valence-electron chi connectivity index (χ3n) is 3.82. The predicted octanol–water partition coefficient (Wildman–Crippen LogP) is 4.63. The molecule has 0 aromatic rings. The molecule has 0 rings (SSSR count). The topological polar surface area (TPSA) is 37.3 Å². The average molecular weight is 228 g/mol. The maximum atomic E-state index is 11.2. The van der Waals surface area contributed by atoms with E-state index in [1.54, 1.807) is 0 Å².